The molecule has 0 aromatic heterocycles. The molecule has 1 aliphatic heterocycles. The van der Waals surface area contributed by atoms with E-state index in [1.807, 2.05) is 3.11 Å². The summed E-state index contributed by atoms with van der Waals surface area (Å²) in [6.07, 6.45) is 7.60. The Balaban J connectivity index is 2.14. The molecule has 0 radical (unpaired) electrons. The van der Waals surface area contributed by atoms with Gasteiger partial charge in [0.25, 0.3) is 0 Å². The zero-order chi connectivity index (χ0) is 10.1. The number of hydrogen-bond donors (Lipinski definition) is 0. The van der Waals surface area contributed by atoms with Gasteiger partial charge in [0, 0.05) is 12.0 Å². The molecule has 3 heteroatoms. The van der Waals surface area contributed by atoms with Gasteiger partial charge in [-0.3, -0.25) is 7.91 Å². The molecular formula is C11H18INO. The fraction of sp³-hybridized carbons (Fsp3) is 0.909. The Labute approximate surface area is 99.9 Å². The lowest BCUT2D eigenvalue weighted by Gasteiger charge is -2.34. The van der Waals surface area contributed by atoms with Crippen molar-refractivity contribution in [2.75, 3.05) is 0 Å². The van der Waals surface area contributed by atoms with Crippen LogP contribution < -0.4 is 0 Å². The third-order valence-electron chi connectivity index (χ3n) is 3.76. The van der Waals surface area contributed by atoms with E-state index in [1.165, 1.54) is 32.1 Å². The molecule has 2 rings (SSSR count). The second kappa shape index (κ2) is 4.37. The van der Waals surface area contributed by atoms with Gasteiger partial charge in [-0.25, -0.2) is 0 Å². The van der Waals surface area contributed by atoms with E-state index in [0.717, 1.165) is 12.3 Å². The number of hydrogen-bond acceptors (Lipinski definition) is 1. The van der Waals surface area contributed by atoms with Crippen LogP contribution in [-0.4, -0.2) is 15.1 Å². The van der Waals surface area contributed by atoms with Crippen molar-refractivity contribution < 1.29 is 4.79 Å². The number of carbonyl (C=O) groups is 1. The number of amides is 1. The smallest absolute Gasteiger partial charge is 0.234 e. The van der Waals surface area contributed by atoms with E-state index >= 15 is 0 Å². The molecule has 3 unspecified atom stereocenters. The van der Waals surface area contributed by atoms with Gasteiger partial charge in [-0.1, -0.05) is 19.8 Å². The van der Waals surface area contributed by atoms with E-state index in [9.17, 15) is 4.79 Å². The third-order valence-corrected chi connectivity index (χ3v) is 4.95. The van der Waals surface area contributed by atoms with E-state index in [4.69, 9.17) is 0 Å². The maximum Gasteiger partial charge on any atom is 0.234 e. The monoisotopic (exact) mass is 307 g/mol. The van der Waals surface area contributed by atoms with Crippen LogP contribution in [0.5, 0.6) is 0 Å². The van der Waals surface area contributed by atoms with Gasteiger partial charge in [0.1, 0.15) is 0 Å². The fourth-order valence-electron chi connectivity index (χ4n) is 2.78. The van der Waals surface area contributed by atoms with Gasteiger partial charge in [-0.15, -0.1) is 0 Å². The number of rotatable bonds is 0. The van der Waals surface area contributed by atoms with E-state index in [0.29, 0.717) is 11.9 Å². The van der Waals surface area contributed by atoms with Crippen LogP contribution in [0.25, 0.3) is 0 Å². The minimum Gasteiger partial charge on any atom is -0.281 e. The van der Waals surface area contributed by atoms with E-state index in [1.54, 1.807) is 0 Å². The maximum atomic E-state index is 11.9. The molecule has 1 saturated heterocycles. The Morgan fingerprint density at radius 2 is 1.93 bits per heavy atom. The molecule has 3 atom stereocenters. The lowest BCUT2D eigenvalue weighted by molar-refractivity contribution is -0.130. The van der Waals surface area contributed by atoms with Crippen LogP contribution in [0.1, 0.15) is 45.4 Å². The zero-order valence-electron chi connectivity index (χ0n) is 8.71. The summed E-state index contributed by atoms with van der Waals surface area (Å²) in [7, 11) is 0. The maximum absolute atomic E-state index is 11.9. The fourth-order valence-corrected chi connectivity index (χ4v) is 3.99. The molecule has 0 spiro atoms. The van der Waals surface area contributed by atoms with Crippen molar-refractivity contribution >= 4 is 28.8 Å². The lowest BCUT2D eigenvalue weighted by Crippen LogP contribution is -2.39. The van der Waals surface area contributed by atoms with Crippen molar-refractivity contribution in [3.63, 3.8) is 0 Å². The summed E-state index contributed by atoms with van der Waals surface area (Å²) >= 11 is 2.24. The molecular weight excluding hydrogens is 289 g/mol. The average Bonchev–Trinajstić information content (AvgIpc) is 2.32. The SMILES string of the molecule is CC1CCC2CCCCC2N(I)C1=O. The molecule has 0 bridgehead atoms. The predicted molar refractivity (Wildman–Crippen MR) is 65.0 cm³/mol. The van der Waals surface area contributed by atoms with E-state index < -0.39 is 0 Å². The predicted octanol–water partition coefficient (Wildman–Crippen LogP) is 3.15. The first kappa shape index (κ1) is 10.7. The third kappa shape index (κ3) is 1.92. The Morgan fingerprint density at radius 3 is 2.71 bits per heavy atom. The summed E-state index contributed by atoms with van der Waals surface area (Å²) < 4.78 is 2.01. The molecule has 0 aromatic rings. The summed E-state index contributed by atoms with van der Waals surface area (Å²) in [6.45, 7) is 2.07. The average molecular weight is 307 g/mol. The van der Waals surface area contributed by atoms with Gasteiger partial charge < -0.3 is 0 Å². The summed E-state index contributed by atoms with van der Waals surface area (Å²) in [5.41, 5.74) is 0. The summed E-state index contributed by atoms with van der Waals surface area (Å²) in [5.74, 6) is 1.40. The van der Waals surface area contributed by atoms with Crippen molar-refractivity contribution in [1.82, 2.24) is 3.11 Å². The molecule has 0 aromatic carbocycles. The van der Waals surface area contributed by atoms with Crippen LogP contribution in [0.15, 0.2) is 0 Å². The largest absolute Gasteiger partial charge is 0.281 e. The highest BCUT2D eigenvalue weighted by molar-refractivity contribution is 14.1. The van der Waals surface area contributed by atoms with Gasteiger partial charge >= 0.3 is 0 Å². The van der Waals surface area contributed by atoms with Crippen LogP contribution in [0.2, 0.25) is 0 Å². The first-order valence-electron chi connectivity index (χ1n) is 5.69. The van der Waals surface area contributed by atoms with Crippen LogP contribution >= 0.6 is 22.9 Å². The van der Waals surface area contributed by atoms with Crippen molar-refractivity contribution in [3.05, 3.63) is 0 Å². The van der Waals surface area contributed by atoms with Crippen molar-refractivity contribution in [1.29, 1.82) is 0 Å². The number of halogens is 1. The minimum atomic E-state index is 0.248. The van der Waals surface area contributed by atoms with Crippen molar-refractivity contribution in [3.8, 4) is 0 Å². The molecule has 80 valence electrons. The van der Waals surface area contributed by atoms with Crippen molar-refractivity contribution in [2.24, 2.45) is 11.8 Å². The van der Waals surface area contributed by atoms with Crippen molar-refractivity contribution in [2.45, 2.75) is 51.5 Å². The topological polar surface area (TPSA) is 20.3 Å². The quantitative estimate of drug-likeness (QED) is 0.497. The Bertz CT molecular complexity index is 231. The van der Waals surface area contributed by atoms with Gasteiger partial charge in [-0.2, -0.15) is 0 Å². The second-order valence-electron chi connectivity index (χ2n) is 4.74. The number of carbonyl (C=O) groups excluding carboxylic acids is 1. The zero-order valence-corrected chi connectivity index (χ0v) is 10.9. The normalized spacial score (nSPS) is 39.1. The Hall–Kier alpha value is 0.200. The molecule has 1 saturated carbocycles. The standard InChI is InChI=1S/C11H18INO/c1-8-6-7-9-4-2-3-5-10(9)13(12)11(8)14/h8-10H,2-7H2,1H3. The van der Waals surface area contributed by atoms with E-state index in [-0.39, 0.29) is 5.92 Å². The van der Waals surface area contributed by atoms with Gasteiger partial charge in [0.2, 0.25) is 5.91 Å². The highest BCUT2D eigenvalue weighted by Crippen LogP contribution is 2.37. The van der Waals surface area contributed by atoms with Gasteiger partial charge in [0.05, 0.1) is 22.9 Å². The molecule has 1 heterocycles. The first-order chi connectivity index (χ1) is 6.70. The Kier molecular flexibility index (Phi) is 3.34. The van der Waals surface area contributed by atoms with Gasteiger partial charge in [0.15, 0.2) is 0 Å². The summed E-state index contributed by atoms with van der Waals surface area (Å²) in [5, 5.41) is 0. The molecule has 2 fully saturated rings. The molecule has 0 N–H and O–H groups in total. The Morgan fingerprint density at radius 1 is 1.21 bits per heavy atom. The first-order valence-corrected chi connectivity index (χ1v) is 6.65. The molecule has 14 heavy (non-hydrogen) atoms. The molecule has 1 aliphatic carbocycles. The summed E-state index contributed by atoms with van der Waals surface area (Å²) in [6, 6.07) is 0.543. The number of nitrogens with zero attached hydrogens (tertiary/aromatic N) is 1. The van der Waals surface area contributed by atoms with Crippen LogP contribution in [0, 0.1) is 11.8 Å². The van der Waals surface area contributed by atoms with Crippen LogP contribution in [-0.2, 0) is 4.79 Å². The highest BCUT2D eigenvalue weighted by Gasteiger charge is 2.36. The number of fused-ring (bicyclic) bond motifs is 1. The second-order valence-corrected chi connectivity index (χ2v) is 5.78. The molecule has 1 amide bonds. The van der Waals surface area contributed by atoms with Crippen LogP contribution in [0.3, 0.4) is 0 Å². The molecule has 2 aliphatic rings. The molecule has 2 nitrogen and oxygen atoms in total. The van der Waals surface area contributed by atoms with Crippen LogP contribution in [0.4, 0.5) is 0 Å². The lowest BCUT2D eigenvalue weighted by atomic mass is 9.82. The minimum absolute atomic E-state index is 0.248. The van der Waals surface area contributed by atoms with Gasteiger partial charge in [-0.05, 0) is 31.6 Å². The van der Waals surface area contributed by atoms with E-state index in [2.05, 4.69) is 29.8 Å². The highest BCUT2D eigenvalue weighted by atomic mass is 127. The summed E-state index contributed by atoms with van der Waals surface area (Å²) in [4.78, 5) is 11.9.